The molecule has 0 bridgehead atoms. The minimum absolute atomic E-state index is 0.00542. The first kappa shape index (κ1) is 22.3. The van der Waals surface area contributed by atoms with Crippen molar-refractivity contribution in [3.63, 3.8) is 0 Å². The third-order valence-electron chi connectivity index (χ3n) is 5.00. The monoisotopic (exact) mass is 474 g/mol. The zero-order chi connectivity index (χ0) is 23.8. The summed E-state index contributed by atoms with van der Waals surface area (Å²) in [5.74, 6) is 1.54. The molecule has 0 spiro atoms. The third kappa shape index (κ3) is 4.12. The Labute approximate surface area is 190 Å². The molecule has 0 radical (unpaired) electrons. The number of aromatic nitrogens is 3. The lowest BCUT2D eigenvalue weighted by Crippen LogP contribution is -2.32. The molecule has 0 aliphatic rings. The van der Waals surface area contributed by atoms with E-state index >= 15 is 0 Å². The van der Waals surface area contributed by atoms with Crippen LogP contribution >= 0.6 is 0 Å². The molecule has 3 N–H and O–H groups in total. The highest BCUT2D eigenvalue weighted by Gasteiger charge is 2.27. The molecular formula is C21H24N5O6S+. The second-order valence-corrected chi connectivity index (χ2v) is 8.80. The molecule has 0 saturated heterocycles. The zero-order valence-electron chi connectivity index (χ0n) is 18.7. The van der Waals surface area contributed by atoms with Gasteiger partial charge in [0.2, 0.25) is 0 Å². The van der Waals surface area contributed by atoms with Crippen molar-refractivity contribution in [2.45, 2.75) is 11.8 Å². The molecule has 2 aromatic carbocycles. The van der Waals surface area contributed by atoms with Crippen LogP contribution in [0.15, 0.2) is 45.8 Å². The summed E-state index contributed by atoms with van der Waals surface area (Å²) in [4.78, 5) is -0.147. The Morgan fingerprint density at radius 2 is 1.70 bits per heavy atom. The van der Waals surface area contributed by atoms with E-state index < -0.39 is 10.0 Å². The van der Waals surface area contributed by atoms with Crippen molar-refractivity contribution in [2.75, 3.05) is 31.4 Å². The molecule has 4 rings (SSSR count). The lowest BCUT2D eigenvalue weighted by atomic mass is 10.2. The molecule has 0 fully saturated rings. The van der Waals surface area contributed by atoms with Crippen LogP contribution in [0.5, 0.6) is 17.2 Å². The van der Waals surface area contributed by atoms with Crippen molar-refractivity contribution in [1.82, 2.24) is 10.3 Å². The Balaban J connectivity index is 1.74. The average Bonchev–Trinajstić information content (AvgIpc) is 3.33. The van der Waals surface area contributed by atoms with E-state index in [1.807, 2.05) is 24.7 Å². The molecule has 0 amide bonds. The predicted molar refractivity (Wildman–Crippen MR) is 121 cm³/mol. The van der Waals surface area contributed by atoms with Crippen LogP contribution in [-0.4, -0.2) is 40.0 Å². The number of rotatable bonds is 8. The van der Waals surface area contributed by atoms with Gasteiger partial charge in [-0.05, 0) is 25.1 Å². The van der Waals surface area contributed by atoms with Crippen LogP contribution in [-0.2, 0) is 17.1 Å². The molecule has 0 aliphatic carbocycles. The summed E-state index contributed by atoms with van der Waals surface area (Å²) in [5, 5.41) is 10.8. The predicted octanol–water partition coefficient (Wildman–Crippen LogP) is 2.86. The zero-order valence-corrected chi connectivity index (χ0v) is 19.5. The number of hydrogen-bond acceptors (Lipinski definition) is 8. The van der Waals surface area contributed by atoms with Crippen LogP contribution in [0, 0.1) is 6.92 Å². The number of aromatic amines is 1. The van der Waals surface area contributed by atoms with E-state index in [0.717, 1.165) is 11.5 Å². The lowest BCUT2D eigenvalue weighted by Gasteiger charge is -2.13. The maximum atomic E-state index is 13.2. The van der Waals surface area contributed by atoms with E-state index in [9.17, 15) is 8.42 Å². The van der Waals surface area contributed by atoms with Crippen LogP contribution < -0.4 is 28.9 Å². The molecule has 0 unspecified atom stereocenters. The van der Waals surface area contributed by atoms with Gasteiger partial charge in [0.1, 0.15) is 18.5 Å². The minimum atomic E-state index is -4.13. The van der Waals surface area contributed by atoms with Gasteiger partial charge in [-0.15, -0.1) is 0 Å². The molecule has 33 heavy (non-hydrogen) atoms. The maximum Gasteiger partial charge on any atom is 0.299 e. The van der Waals surface area contributed by atoms with E-state index in [1.54, 1.807) is 18.2 Å². The van der Waals surface area contributed by atoms with Gasteiger partial charge >= 0.3 is 0 Å². The summed E-state index contributed by atoms with van der Waals surface area (Å²) in [6.07, 6.45) is 0. The van der Waals surface area contributed by atoms with Crippen LogP contribution in [0.2, 0.25) is 0 Å². The fraction of sp³-hybridized carbons (Fsp3) is 0.238. The standard InChI is InChI=1S/C21H23N5O6S/c1-12-9-19(26(2)23-12)22-14-11-17-13(10-18(14)31-5)21(24-32-17)25-33(27,28)20-15(29-3)7-6-8-16(20)30-4/h6-11H,1-5H3,(H2,22,23,24,25)/p+1. The third-order valence-corrected chi connectivity index (χ3v) is 6.40. The van der Waals surface area contributed by atoms with E-state index in [2.05, 4.69) is 20.3 Å². The molecule has 174 valence electrons. The Morgan fingerprint density at radius 1 is 1.03 bits per heavy atom. The van der Waals surface area contributed by atoms with Gasteiger partial charge in [-0.25, -0.2) is 18.8 Å². The fourth-order valence-corrected chi connectivity index (χ4v) is 4.82. The van der Waals surface area contributed by atoms with E-state index in [-0.39, 0.29) is 22.2 Å². The molecule has 2 aromatic heterocycles. The number of H-pyrrole nitrogens is 1. The summed E-state index contributed by atoms with van der Waals surface area (Å²) in [6, 6.07) is 9.96. The van der Waals surface area contributed by atoms with E-state index in [1.165, 1.54) is 33.5 Å². The number of anilines is 3. The summed E-state index contributed by atoms with van der Waals surface area (Å²) in [5.41, 5.74) is 1.96. The molecule has 0 atom stereocenters. The smallest absolute Gasteiger partial charge is 0.299 e. The Morgan fingerprint density at radius 3 is 2.27 bits per heavy atom. The normalized spacial score (nSPS) is 11.4. The maximum absolute atomic E-state index is 13.2. The minimum Gasteiger partial charge on any atom is -0.495 e. The summed E-state index contributed by atoms with van der Waals surface area (Å²) in [6.45, 7) is 1.94. The van der Waals surface area contributed by atoms with Gasteiger partial charge in [0.15, 0.2) is 27.7 Å². The average molecular weight is 475 g/mol. The molecule has 11 nitrogen and oxygen atoms in total. The van der Waals surface area contributed by atoms with Crippen molar-refractivity contribution >= 4 is 38.3 Å². The van der Waals surface area contributed by atoms with Gasteiger partial charge in [0, 0.05) is 6.07 Å². The Kier molecular flexibility index (Phi) is 5.77. The van der Waals surface area contributed by atoms with Gasteiger partial charge in [0.05, 0.1) is 38.5 Å². The Bertz CT molecular complexity index is 1400. The number of nitrogens with zero attached hydrogens (tertiary/aromatic N) is 2. The van der Waals surface area contributed by atoms with Gasteiger partial charge in [-0.1, -0.05) is 11.2 Å². The van der Waals surface area contributed by atoms with Crippen molar-refractivity contribution in [3.05, 3.63) is 42.1 Å². The van der Waals surface area contributed by atoms with Crippen LogP contribution in [0.1, 0.15) is 5.69 Å². The van der Waals surface area contributed by atoms with Crippen molar-refractivity contribution in [3.8, 4) is 17.2 Å². The van der Waals surface area contributed by atoms with E-state index in [4.69, 9.17) is 18.7 Å². The number of hydrogen-bond donors (Lipinski definition) is 3. The summed E-state index contributed by atoms with van der Waals surface area (Å²) >= 11 is 0. The first-order valence-electron chi connectivity index (χ1n) is 9.81. The number of nitrogens with one attached hydrogen (secondary N) is 3. The highest BCUT2D eigenvalue weighted by molar-refractivity contribution is 7.93. The first-order chi connectivity index (χ1) is 15.8. The summed E-state index contributed by atoms with van der Waals surface area (Å²) < 4.78 is 52.1. The van der Waals surface area contributed by atoms with Crippen molar-refractivity contribution < 1.29 is 31.8 Å². The van der Waals surface area contributed by atoms with Crippen LogP contribution in [0.25, 0.3) is 11.0 Å². The second-order valence-electron chi connectivity index (χ2n) is 7.19. The lowest BCUT2D eigenvalue weighted by molar-refractivity contribution is -0.713. The van der Waals surface area contributed by atoms with Crippen molar-refractivity contribution in [2.24, 2.45) is 7.05 Å². The van der Waals surface area contributed by atoms with Gasteiger partial charge < -0.3 is 18.7 Å². The largest absolute Gasteiger partial charge is 0.495 e. The van der Waals surface area contributed by atoms with Gasteiger partial charge in [-0.3, -0.25) is 4.72 Å². The quantitative estimate of drug-likeness (QED) is 0.332. The number of methoxy groups -OCH3 is 3. The number of benzene rings is 2. The number of fused-ring (bicyclic) bond motifs is 1. The molecule has 2 heterocycles. The topological polar surface area (TPSA) is 132 Å². The van der Waals surface area contributed by atoms with E-state index in [0.29, 0.717) is 22.4 Å². The molecule has 12 heteroatoms. The van der Waals surface area contributed by atoms with Gasteiger partial charge in [0.25, 0.3) is 15.8 Å². The number of sulfonamides is 1. The van der Waals surface area contributed by atoms with Crippen LogP contribution in [0.4, 0.5) is 17.3 Å². The molecule has 4 aromatic rings. The number of aryl methyl sites for hydroxylation is 2. The Hall–Kier alpha value is -3.93. The van der Waals surface area contributed by atoms with Crippen molar-refractivity contribution in [1.29, 1.82) is 0 Å². The summed E-state index contributed by atoms with van der Waals surface area (Å²) in [7, 11) is 2.02. The number of ether oxygens (including phenoxy) is 3. The van der Waals surface area contributed by atoms with Crippen LogP contribution in [0.3, 0.4) is 0 Å². The highest BCUT2D eigenvalue weighted by atomic mass is 32.2. The fourth-order valence-electron chi connectivity index (χ4n) is 3.48. The first-order valence-corrected chi connectivity index (χ1v) is 11.3. The highest BCUT2D eigenvalue weighted by Crippen LogP contribution is 2.38. The molecule has 0 saturated carbocycles. The SMILES string of the molecule is COc1cc2c(NS(=O)(=O)c3c(OC)cccc3OC)noc2cc1Nc1cc(C)[nH][n+]1C. The van der Waals surface area contributed by atoms with Gasteiger partial charge in [-0.2, -0.15) is 4.68 Å². The molecule has 0 aliphatic heterocycles. The molecular weight excluding hydrogens is 450 g/mol. The second kappa shape index (κ2) is 8.54.